The maximum Gasteiger partial charge on any atom is 0.225 e. The second-order valence-corrected chi connectivity index (χ2v) is 6.60. The SMILES string of the molecule is CC(NC1CCN(C(=O)C2CC2)CC1)c1ccsc1. The molecule has 1 N–H and O–H groups in total. The second kappa shape index (κ2) is 5.63. The van der Waals surface area contributed by atoms with Crippen molar-refractivity contribution in [2.24, 2.45) is 5.92 Å². The molecule has 1 unspecified atom stereocenters. The predicted molar refractivity (Wildman–Crippen MR) is 78.2 cm³/mol. The summed E-state index contributed by atoms with van der Waals surface area (Å²) in [6.45, 7) is 4.09. The number of carbonyl (C=O) groups is 1. The van der Waals surface area contributed by atoms with Gasteiger partial charge in [0.1, 0.15) is 0 Å². The molecule has 3 rings (SSSR count). The number of hydrogen-bond acceptors (Lipinski definition) is 3. The van der Waals surface area contributed by atoms with Gasteiger partial charge in [0.05, 0.1) is 0 Å². The smallest absolute Gasteiger partial charge is 0.225 e. The molecule has 0 bridgehead atoms. The predicted octanol–water partition coefficient (Wildman–Crippen LogP) is 2.80. The van der Waals surface area contributed by atoms with Crippen LogP contribution in [-0.2, 0) is 4.79 Å². The van der Waals surface area contributed by atoms with Crippen LogP contribution in [0.5, 0.6) is 0 Å². The van der Waals surface area contributed by atoms with Crippen LogP contribution in [0.3, 0.4) is 0 Å². The van der Waals surface area contributed by atoms with E-state index in [1.807, 2.05) is 0 Å². The van der Waals surface area contributed by atoms with Gasteiger partial charge in [-0.1, -0.05) is 0 Å². The fourth-order valence-corrected chi connectivity index (χ4v) is 3.58. The molecule has 1 aliphatic heterocycles. The van der Waals surface area contributed by atoms with Crippen LogP contribution < -0.4 is 5.32 Å². The molecule has 104 valence electrons. The molecule has 1 atom stereocenters. The summed E-state index contributed by atoms with van der Waals surface area (Å²) in [4.78, 5) is 14.1. The molecule has 2 aliphatic rings. The third kappa shape index (κ3) is 3.18. The first-order valence-electron chi connectivity index (χ1n) is 7.31. The van der Waals surface area contributed by atoms with Crippen molar-refractivity contribution in [2.45, 2.75) is 44.7 Å². The van der Waals surface area contributed by atoms with Gasteiger partial charge in [0.15, 0.2) is 0 Å². The fraction of sp³-hybridized carbons (Fsp3) is 0.667. The number of piperidine rings is 1. The van der Waals surface area contributed by atoms with Crippen LogP contribution in [0.2, 0.25) is 0 Å². The van der Waals surface area contributed by atoms with E-state index in [1.54, 1.807) is 11.3 Å². The molecule has 1 saturated heterocycles. The van der Waals surface area contributed by atoms with E-state index in [-0.39, 0.29) is 0 Å². The summed E-state index contributed by atoms with van der Waals surface area (Å²) in [5, 5.41) is 8.04. The van der Waals surface area contributed by atoms with E-state index in [0.717, 1.165) is 38.8 Å². The Morgan fingerprint density at radius 1 is 1.37 bits per heavy atom. The Balaban J connectivity index is 1.46. The molecule has 1 amide bonds. The third-order valence-electron chi connectivity index (χ3n) is 4.26. The van der Waals surface area contributed by atoms with Gasteiger partial charge in [0, 0.05) is 31.1 Å². The molecule has 1 aromatic heterocycles. The monoisotopic (exact) mass is 278 g/mol. The first kappa shape index (κ1) is 13.1. The Labute approximate surface area is 119 Å². The molecule has 1 saturated carbocycles. The molecule has 19 heavy (non-hydrogen) atoms. The number of likely N-dealkylation sites (tertiary alicyclic amines) is 1. The minimum absolute atomic E-state index is 0.370. The Morgan fingerprint density at radius 3 is 2.68 bits per heavy atom. The normalized spacial score (nSPS) is 22.5. The summed E-state index contributed by atoms with van der Waals surface area (Å²) in [5.74, 6) is 0.776. The first-order chi connectivity index (χ1) is 9.24. The van der Waals surface area contributed by atoms with Gasteiger partial charge >= 0.3 is 0 Å². The van der Waals surface area contributed by atoms with Crippen molar-refractivity contribution < 1.29 is 4.79 Å². The molecule has 2 heterocycles. The van der Waals surface area contributed by atoms with Crippen molar-refractivity contribution in [3.63, 3.8) is 0 Å². The number of carbonyl (C=O) groups excluding carboxylic acids is 1. The van der Waals surface area contributed by atoms with Crippen molar-refractivity contribution in [3.8, 4) is 0 Å². The molecule has 0 radical (unpaired) electrons. The Morgan fingerprint density at radius 2 is 2.11 bits per heavy atom. The highest BCUT2D eigenvalue weighted by Gasteiger charge is 2.34. The molecule has 3 nitrogen and oxygen atoms in total. The summed E-state index contributed by atoms with van der Waals surface area (Å²) in [7, 11) is 0. The van der Waals surface area contributed by atoms with Gasteiger partial charge in [-0.25, -0.2) is 0 Å². The lowest BCUT2D eigenvalue weighted by atomic mass is 10.0. The summed E-state index contributed by atoms with van der Waals surface area (Å²) in [6, 6.07) is 3.16. The highest BCUT2D eigenvalue weighted by molar-refractivity contribution is 7.07. The number of amides is 1. The van der Waals surface area contributed by atoms with E-state index in [1.165, 1.54) is 5.56 Å². The van der Waals surface area contributed by atoms with Crippen LogP contribution >= 0.6 is 11.3 Å². The van der Waals surface area contributed by atoms with Crippen molar-refractivity contribution in [1.82, 2.24) is 10.2 Å². The maximum atomic E-state index is 12.0. The highest BCUT2D eigenvalue weighted by atomic mass is 32.1. The topological polar surface area (TPSA) is 32.3 Å². The van der Waals surface area contributed by atoms with Crippen molar-refractivity contribution in [1.29, 1.82) is 0 Å². The van der Waals surface area contributed by atoms with Gasteiger partial charge in [-0.2, -0.15) is 11.3 Å². The van der Waals surface area contributed by atoms with Crippen LogP contribution in [0.1, 0.15) is 44.2 Å². The Hall–Kier alpha value is -0.870. The quantitative estimate of drug-likeness (QED) is 0.918. The van der Waals surface area contributed by atoms with Crippen LogP contribution in [-0.4, -0.2) is 29.9 Å². The average Bonchev–Trinajstić information content (AvgIpc) is 3.13. The minimum atomic E-state index is 0.370. The van der Waals surface area contributed by atoms with Gasteiger partial charge in [-0.15, -0.1) is 0 Å². The molecular formula is C15H22N2OS. The number of rotatable bonds is 4. The van der Waals surface area contributed by atoms with Gasteiger partial charge in [0.2, 0.25) is 5.91 Å². The lowest BCUT2D eigenvalue weighted by molar-refractivity contribution is -0.133. The van der Waals surface area contributed by atoms with Crippen molar-refractivity contribution in [3.05, 3.63) is 22.4 Å². The third-order valence-corrected chi connectivity index (χ3v) is 4.96. The summed E-state index contributed by atoms with van der Waals surface area (Å²) in [6.07, 6.45) is 4.41. The number of nitrogens with one attached hydrogen (secondary N) is 1. The van der Waals surface area contributed by atoms with Crippen LogP contribution in [0.25, 0.3) is 0 Å². The van der Waals surface area contributed by atoms with Gasteiger partial charge in [-0.05, 0) is 55.0 Å². The Bertz CT molecular complexity index is 419. The average molecular weight is 278 g/mol. The van der Waals surface area contributed by atoms with Crippen LogP contribution in [0.15, 0.2) is 16.8 Å². The maximum absolute atomic E-state index is 12.0. The van der Waals surface area contributed by atoms with E-state index in [9.17, 15) is 4.79 Å². The highest BCUT2D eigenvalue weighted by Crippen LogP contribution is 2.32. The molecular weight excluding hydrogens is 256 g/mol. The van der Waals surface area contributed by atoms with Gasteiger partial charge < -0.3 is 10.2 Å². The molecule has 4 heteroatoms. The first-order valence-corrected chi connectivity index (χ1v) is 8.25. The zero-order valence-corrected chi connectivity index (χ0v) is 12.3. The number of hydrogen-bond donors (Lipinski definition) is 1. The number of thiophene rings is 1. The molecule has 0 spiro atoms. The zero-order chi connectivity index (χ0) is 13.2. The van der Waals surface area contributed by atoms with Crippen molar-refractivity contribution >= 4 is 17.2 Å². The van der Waals surface area contributed by atoms with E-state index in [0.29, 0.717) is 23.9 Å². The van der Waals surface area contributed by atoms with E-state index >= 15 is 0 Å². The van der Waals surface area contributed by atoms with Crippen molar-refractivity contribution in [2.75, 3.05) is 13.1 Å². The zero-order valence-electron chi connectivity index (χ0n) is 11.5. The molecule has 2 fully saturated rings. The lowest BCUT2D eigenvalue weighted by Gasteiger charge is -2.34. The second-order valence-electron chi connectivity index (χ2n) is 5.82. The Kier molecular flexibility index (Phi) is 3.89. The summed E-state index contributed by atoms with van der Waals surface area (Å²) in [5.41, 5.74) is 1.38. The summed E-state index contributed by atoms with van der Waals surface area (Å²) < 4.78 is 0. The minimum Gasteiger partial charge on any atom is -0.342 e. The van der Waals surface area contributed by atoms with Crippen LogP contribution in [0.4, 0.5) is 0 Å². The van der Waals surface area contributed by atoms with Gasteiger partial charge in [0.25, 0.3) is 0 Å². The number of nitrogens with zero attached hydrogens (tertiary/aromatic N) is 1. The summed E-state index contributed by atoms with van der Waals surface area (Å²) >= 11 is 1.75. The van der Waals surface area contributed by atoms with E-state index in [4.69, 9.17) is 0 Å². The van der Waals surface area contributed by atoms with Crippen LogP contribution in [0, 0.1) is 5.92 Å². The molecule has 1 aromatic rings. The molecule has 1 aliphatic carbocycles. The largest absolute Gasteiger partial charge is 0.342 e. The van der Waals surface area contributed by atoms with Gasteiger partial charge in [-0.3, -0.25) is 4.79 Å². The fourth-order valence-electron chi connectivity index (χ4n) is 2.83. The lowest BCUT2D eigenvalue weighted by Crippen LogP contribution is -2.45. The van der Waals surface area contributed by atoms with E-state index < -0.39 is 0 Å². The standard InChI is InChI=1S/C15H22N2OS/c1-11(13-6-9-19-10-13)16-14-4-7-17(8-5-14)15(18)12-2-3-12/h6,9-12,14,16H,2-5,7-8H2,1H3. The van der Waals surface area contributed by atoms with E-state index in [2.05, 4.69) is 34.0 Å². The molecule has 0 aromatic carbocycles.